The minimum absolute atomic E-state index is 0.0428. The Balaban J connectivity index is 0.000000275. The van der Waals surface area contributed by atoms with Crippen molar-refractivity contribution in [2.45, 2.75) is 88.7 Å². The van der Waals surface area contributed by atoms with Crippen molar-refractivity contribution < 1.29 is 10.2 Å². The van der Waals surface area contributed by atoms with Crippen LogP contribution in [0.4, 0.5) is 0 Å². The molecule has 6 heteroatoms. The van der Waals surface area contributed by atoms with Gasteiger partial charge in [-0.2, -0.15) is 0 Å². The maximum Gasteiger partial charge on any atom is 0.0964 e. The molecule has 2 fully saturated rings. The van der Waals surface area contributed by atoms with Gasteiger partial charge in [0, 0.05) is 16.9 Å². The van der Waals surface area contributed by atoms with Crippen LogP contribution in [0, 0.1) is 0 Å². The van der Waals surface area contributed by atoms with Crippen LogP contribution in [0.5, 0.6) is 0 Å². The zero-order valence-corrected chi connectivity index (χ0v) is 21.5. The van der Waals surface area contributed by atoms with Gasteiger partial charge in [-0.15, -0.1) is 11.3 Å². The minimum atomic E-state index is -0.333. The van der Waals surface area contributed by atoms with E-state index in [9.17, 15) is 0 Å². The summed E-state index contributed by atoms with van der Waals surface area (Å²) in [5.74, 6) is 0.646. The average Bonchev–Trinajstić information content (AvgIpc) is 3.47. The lowest BCUT2D eigenvalue weighted by molar-refractivity contribution is 0.121. The molecule has 2 aromatic rings. The van der Waals surface area contributed by atoms with Crippen LogP contribution in [-0.2, 0) is 10.8 Å². The highest BCUT2D eigenvalue weighted by molar-refractivity contribution is 7.10. The van der Waals surface area contributed by atoms with E-state index in [4.69, 9.17) is 15.2 Å². The second-order valence-electron chi connectivity index (χ2n) is 11.2. The van der Waals surface area contributed by atoms with Gasteiger partial charge >= 0.3 is 0 Å². The Morgan fingerprint density at radius 2 is 1.70 bits per heavy atom. The van der Waals surface area contributed by atoms with Gasteiger partial charge in [-0.1, -0.05) is 39.8 Å². The lowest BCUT2D eigenvalue weighted by Gasteiger charge is -2.42. The van der Waals surface area contributed by atoms with Crippen molar-refractivity contribution in [3.8, 4) is 11.3 Å². The Labute approximate surface area is 203 Å². The topological polar surface area (TPSA) is 77.4 Å². The summed E-state index contributed by atoms with van der Waals surface area (Å²) >= 11 is 1.85. The summed E-state index contributed by atoms with van der Waals surface area (Å²) < 4.78 is 0. The quantitative estimate of drug-likeness (QED) is 0.536. The van der Waals surface area contributed by atoms with Crippen LogP contribution in [0.3, 0.4) is 0 Å². The second-order valence-corrected chi connectivity index (χ2v) is 12.1. The molecule has 2 aliphatic heterocycles. The number of nitrogens with one attached hydrogen (secondary N) is 2. The van der Waals surface area contributed by atoms with Crippen molar-refractivity contribution in [1.82, 2.24) is 15.6 Å². The largest absolute Gasteiger partial charge is 0.395 e. The average molecular weight is 472 g/mol. The van der Waals surface area contributed by atoms with E-state index >= 15 is 0 Å². The molecule has 2 saturated heterocycles. The molecule has 1 aromatic heterocycles. The maximum absolute atomic E-state index is 8.97. The molecule has 1 aromatic carbocycles. The summed E-state index contributed by atoms with van der Waals surface area (Å²) in [4.78, 5) is 5.03. The van der Waals surface area contributed by atoms with E-state index in [-0.39, 0.29) is 29.6 Å². The van der Waals surface area contributed by atoms with Gasteiger partial charge in [0.15, 0.2) is 0 Å². The third-order valence-corrected chi connectivity index (χ3v) is 8.87. The predicted molar refractivity (Wildman–Crippen MR) is 137 cm³/mol. The van der Waals surface area contributed by atoms with Gasteiger partial charge in [-0.05, 0) is 79.8 Å². The number of thiazole rings is 1. The number of aliphatic hydroxyl groups is 2. The standard InChI is InChI=1S/C22H30N2S.C5H11NO2/c1-21(2)9-10-22(3,4)18-13-16(5-6-17(18)21)19-14-25-20(24-19)15-7-11-23-12-8-15;7-3-4-5(8)1-2-6-4/h5-6,13-15,23H,7-12H2,1-4H3;4-8H,1-3H2/t;4-,5+/m.1/s1. The van der Waals surface area contributed by atoms with E-state index in [1.807, 2.05) is 11.3 Å². The van der Waals surface area contributed by atoms with E-state index in [0.29, 0.717) is 5.92 Å². The molecule has 0 bridgehead atoms. The number of aromatic nitrogens is 1. The van der Waals surface area contributed by atoms with Crippen LogP contribution in [0.25, 0.3) is 11.3 Å². The fourth-order valence-electron chi connectivity index (χ4n) is 5.36. The summed E-state index contributed by atoms with van der Waals surface area (Å²) in [6.07, 6.45) is 5.40. The molecule has 0 radical (unpaired) electrons. The van der Waals surface area contributed by atoms with Crippen molar-refractivity contribution in [3.05, 3.63) is 39.7 Å². The zero-order valence-electron chi connectivity index (χ0n) is 20.7. The summed E-state index contributed by atoms with van der Waals surface area (Å²) in [7, 11) is 0. The Morgan fingerprint density at radius 3 is 2.30 bits per heavy atom. The van der Waals surface area contributed by atoms with Gasteiger partial charge in [0.25, 0.3) is 0 Å². The van der Waals surface area contributed by atoms with Crippen molar-refractivity contribution >= 4 is 11.3 Å². The molecule has 5 nitrogen and oxygen atoms in total. The lowest BCUT2D eigenvalue weighted by atomic mass is 9.63. The number of piperidine rings is 1. The number of rotatable bonds is 3. The number of aliphatic hydroxyl groups excluding tert-OH is 2. The van der Waals surface area contributed by atoms with Gasteiger partial charge < -0.3 is 20.8 Å². The first-order chi connectivity index (χ1) is 15.7. The van der Waals surface area contributed by atoms with E-state index in [1.165, 1.54) is 53.1 Å². The molecule has 182 valence electrons. The number of fused-ring (bicyclic) bond motifs is 1. The molecule has 0 amide bonds. The highest BCUT2D eigenvalue weighted by Gasteiger charge is 2.37. The van der Waals surface area contributed by atoms with Crippen molar-refractivity contribution in [1.29, 1.82) is 0 Å². The fourth-order valence-corrected chi connectivity index (χ4v) is 6.37. The van der Waals surface area contributed by atoms with Crippen LogP contribution in [0.15, 0.2) is 23.6 Å². The van der Waals surface area contributed by atoms with E-state index in [2.05, 4.69) is 61.9 Å². The number of hydrogen-bond acceptors (Lipinski definition) is 6. The van der Waals surface area contributed by atoms with Crippen LogP contribution in [-0.4, -0.2) is 53.6 Å². The maximum atomic E-state index is 8.97. The monoisotopic (exact) mass is 471 g/mol. The third-order valence-electron chi connectivity index (χ3n) is 7.87. The van der Waals surface area contributed by atoms with Gasteiger partial charge in [-0.3, -0.25) is 0 Å². The first kappa shape index (κ1) is 24.8. The van der Waals surface area contributed by atoms with Gasteiger partial charge in [0.2, 0.25) is 0 Å². The Hall–Kier alpha value is -1.31. The van der Waals surface area contributed by atoms with Gasteiger partial charge in [0.1, 0.15) is 0 Å². The molecule has 4 N–H and O–H groups in total. The summed E-state index contributed by atoms with van der Waals surface area (Å²) in [5, 5.41) is 27.5. The zero-order chi connectivity index (χ0) is 23.6. The van der Waals surface area contributed by atoms with Gasteiger partial charge in [0.05, 0.1) is 29.5 Å². The van der Waals surface area contributed by atoms with Crippen LogP contribution in [0.1, 0.15) is 81.9 Å². The fraction of sp³-hybridized carbons (Fsp3) is 0.667. The SMILES string of the molecule is CC1(C)CCC(C)(C)c2cc(-c3csc(C4CCNCC4)n3)ccc21.OC[C@H]1NCC[C@@H]1O. The minimum Gasteiger partial charge on any atom is -0.395 e. The van der Waals surface area contributed by atoms with E-state index in [0.717, 1.165) is 26.1 Å². The highest BCUT2D eigenvalue weighted by Crippen LogP contribution is 2.47. The van der Waals surface area contributed by atoms with Crippen molar-refractivity contribution in [3.63, 3.8) is 0 Å². The molecule has 0 unspecified atom stereocenters. The molecule has 5 rings (SSSR count). The molecule has 0 saturated carbocycles. The van der Waals surface area contributed by atoms with Crippen molar-refractivity contribution in [2.75, 3.05) is 26.2 Å². The van der Waals surface area contributed by atoms with Crippen LogP contribution in [0.2, 0.25) is 0 Å². The molecular formula is C27H41N3O2S. The van der Waals surface area contributed by atoms with E-state index < -0.39 is 0 Å². The Kier molecular flexibility index (Phi) is 7.61. The van der Waals surface area contributed by atoms with Crippen molar-refractivity contribution in [2.24, 2.45) is 0 Å². The second kappa shape index (κ2) is 10.1. The molecule has 0 spiro atoms. The molecular weight excluding hydrogens is 430 g/mol. The summed E-state index contributed by atoms with van der Waals surface area (Å²) in [6, 6.07) is 7.02. The first-order valence-corrected chi connectivity index (χ1v) is 13.4. The normalized spacial score (nSPS) is 26.4. The summed E-state index contributed by atoms with van der Waals surface area (Å²) in [5.41, 5.74) is 6.06. The molecule has 3 heterocycles. The molecule has 33 heavy (non-hydrogen) atoms. The predicted octanol–water partition coefficient (Wildman–Crippen LogP) is 4.33. The first-order valence-electron chi connectivity index (χ1n) is 12.5. The molecule has 2 atom stereocenters. The third kappa shape index (κ3) is 5.51. The number of nitrogens with zero attached hydrogens (tertiary/aromatic N) is 1. The molecule has 1 aliphatic carbocycles. The highest BCUT2D eigenvalue weighted by atomic mass is 32.1. The van der Waals surface area contributed by atoms with Gasteiger partial charge in [-0.25, -0.2) is 4.98 Å². The van der Waals surface area contributed by atoms with Crippen LogP contribution >= 0.6 is 11.3 Å². The Morgan fingerprint density at radius 1 is 1.00 bits per heavy atom. The smallest absolute Gasteiger partial charge is 0.0964 e. The van der Waals surface area contributed by atoms with E-state index in [1.54, 1.807) is 0 Å². The summed E-state index contributed by atoms with van der Waals surface area (Å²) in [6.45, 7) is 12.7. The lowest BCUT2D eigenvalue weighted by Crippen LogP contribution is -2.33. The number of hydrogen-bond donors (Lipinski definition) is 4. The molecule has 3 aliphatic rings. The Bertz CT molecular complexity index is 933. The number of benzene rings is 1. The van der Waals surface area contributed by atoms with Crippen LogP contribution < -0.4 is 10.6 Å².